The maximum absolute atomic E-state index is 13.4. The van der Waals surface area contributed by atoms with Crippen molar-refractivity contribution in [1.29, 1.82) is 0 Å². The Labute approximate surface area is 183 Å². The average molecular weight is 422 g/mol. The molecule has 2 aromatic heterocycles. The molecule has 4 aliphatic rings. The van der Waals surface area contributed by atoms with E-state index >= 15 is 0 Å². The molecule has 6 heterocycles. The zero-order chi connectivity index (χ0) is 20.9. The Kier molecular flexibility index (Phi) is 4.83. The van der Waals surface area contributed by atoms with Crippen molar-refractivity contribution in [2.75, 3.05) is 31.1 Å². The van der Waals surface area contributed by atoms with Gasteiger partial charge in [0.1, 0.15) is 0 Å². The number of morpholine rings is 1. The van der Waals surface area contributed by atoms with Crippen LogP contribution < -0.4 is 10.5 Å². The van der Waals surface area contributed by atoms with Crippen molar-refractivity contribution in [3.8, 4) is 0 Å². The Morgan fingerprint density at radius 2 is 1.81 bits per heavy atom. The summed E-state index contributed by atoms with van der Waals surface area (Å²) in [5.74, 6) is 1.65. The lowest BCUT2D eigenvalue weighted by Crippen LogP contribution is -2.48. The summed E-state index contributed by atoms with van der Waals surface area (Å²) in [6.07, 6.45) is 9.02. The minimum absolute atomic E-state index is 0.211. The van der Waals surface area contributed by atoms with Crippen LogP contribution in [0.4, 0.5) is 5.95 Å². The van der Waals surface area contributed by atoms with Gasteiger partial charge in [-0.05, 0) is 43.2 Å². The molecule has 0 N–H and O–H groups in total. The van der Waals surface area contributed by atoms with Gasteiger partial charge in [0, 0.05) is 68.8 Å². The fourth-order valence-corrected chi connectivity index (χ4v) is 6.04. The maximum atomic E-state index is 13.4. The third-order valence-corrected chi connectivity index (χ3v) is 7.58. The Balaban J connectivity index is 1.22. The maximum Gasteiger partial charge on any atom is 0.255 e. The molecule has 0 amide bonds. The second kappa shape index (κ2) is 7.71. The number of hydrogen-bond acceptors (Lipinski definition) is 6. The van der Waals surface area contributed by atoms with Crippen LogP contribution in [-0.2, 0) is 24.2 Å². The highest BCUT2D eigenvalue weighted by atomic mass is 16.5. The number of pyridine rings is 1. The van der Waals surface area contributed by atoms with Crippen molar-refractivity contribution in [3.05, 3.63) is 51.7 Å². The number of ether oxygens (including phenoxy) is 1. The Morgan fingerprint density at radius 1 is 1.03 bits per heavy atom. The lowest BCUT2D eigenvalue weighted by atomic mass is 9.83. The molecule has 0 saturated carbocycles. The number of aryl methyl sites for hydroxylation is 1. The number of likely N-dealkylation sites (tertiary alicyclic amines) is 1. The molecule has 2 aromatic rings. The van der Waals surface area contributed by atoms with Crippen molar-refractivity contribution >= 4 is 5.95 Å². The molecular weight excluding hydrogens is 390 g/mol. The normalized spacial score (nSPS) is 29.8. The van der Waals surface area contributed by atoms with E-state index in [1.807, 2.05) is 12.4 Å². The first-order valence-electron chi connectivity index (χ1n) is 11.8. The summed E-state index contributed by atoms with van der Waals surface area (Å²) in [6.45, 7) is 7.38. The minimum atomic E-state index is 0.211. The molecule has 31 heavy (non-hydrogen) atoms. The molecule has 6 rings (SSSR count). The highest BCUT2D eigenvalue weighted by molar-refractivity contribution is 5.35. The highest BCUT2D eigenvalue weighted by Gasteiger charge is 2.37. The van der Waals surface area contributed by atoms with Gasteiger partial charge in [0.15, 0.2) is 0 Å². The molecule has 4 aliphatic heterocycles. The van der Waals surface area contributed by atoms with Crippen LogP contribution in [0, 0.1) is 5.92 Å². The summed E-state index contributed by atoms with van der Waals surface area (Å²) in [5, 5.41) is 0. The monoisotopic (exact) mass is 421 g/mol. The van der Waals surface area contributed by atoms with Crippen LogP contribution in [0.2, 0.25) is 0 Å². The zero-order valence-electron chi connectivity index (χ0n) is 18.2. The average Bonchev–Trinajstić information content (AvgIpc) is 3.14. The molecule has 0 aromatic carbocycles. The first kappa shape index (κ1) is 19.4. The van der Waals surface area contributed by atoms with Crippen molar-refractivity contribution < 1.29 is 4.74 Å². The highest BCUT2D eigenvalue weighted by Crippen LogP contribution is 2.36. The van der Waals surface area contributed by atoms with Gasteiger partial charge in [0.2, 0.25) is 5.95 Å². The van der Waals surface area contributed by atoms with Crippen LogP contribution in [0.15, 0.2) is 29.3 Å². The van der Waals surface area contributed by atoms with E-state index in [4.69, 9.17) is 4.74 Å². The zero-order valence-corrected chi connectivity index (χ0v) is 18.2. The van der Waals surface area contributed by atoms with Crippen LogP contribution in [0.3, 0.4) is 0 Å². The van der Waals surface area contributed by atoms with Gasteiger partial charge in [-0.2, -0.15) is 0 Å². The number of aromatic nitrogens is 3. The van der Waals surface area contributed by atoms with Gasteiger partial charge in [-0.15, -0.1) is 0 Å². The molecule has 7 heteroatoms. The van der Waals surface area contributed by atoms with Gasteiger partial charge in [-0.25, -0.2) is 9.97 Å². The fraction of sp³-hybridized carbons (Fsp3) is 0.625. The summed E-state index contributed by atoms with van der Waals surface area (Å²) in [6, 6.07) is 4.29. The smallest absolute Gasteiger partial charge is 0.255 e. The number of piperidine rings is 1. The van der Waals surface area contributed by atoms with Crippen LogP contribution in [-0.4, -0.2) is 57.8 Å². The lowest BCUT2D eigenvalue weighted by molar-refractivity contribution is -0.0412. The van der Waals surface area contributed by atoms with Crippen molar-refractivity contribution in [1.82, 2.24) is 19.4 Å². The minimum Gasteiger partial charge on any atom is -0.372 e. The van der Waals surface area contributed by atoms with E-state index < -0.39 is 0 Å². The van der Waals surface area contributed by atoms with Crippen molar-refractivity contribution in [2.45, 2.75) is 63.8 Å². The third kappa shape index (κ3) is 3.57. The number of fused-ring (bicyclic) bond motifs is 6. The second-order valence-corrected chi connectivity index (χ2v) is 9.80. The number of nitrogens with zero attached hydrogens (tertiary/aromatic N) is 5. The molecule has 3 saturated heterocycles. The summed E-state index contributed by atoms with van der Waals surface area (Å²) < 4.78 is 8.03. The molecule has 0 unspecified atom stereocenters. The fourth-order valence-electron chi connectivity index (χ4n) is 6.04. The number of rotatable bonds is 4. The first-order valence-corrected chi connectivity index (χ1v) is 11.8. The van der Waals surface area contributed by atoms with Gasteiger partial charge in [0.25, 0.3) is 5.56 Å². The molecule has 4 atom stereocenters. The quantitative estimate of drug-likeness (QED) is 0.754. The number of hydrogen-bond donors (Lipinski definition) is 0. The third-order valence-electron chi connectivity index (χ3n) is 7.58. The molecule has 0 radical (unpaired) electrons. The second-order valence-electron chi connectivity index (χ2n) is 9.80. The van der Waals surface area contributed by atoms with Crippen LogP contribution in [0.5, 0.6) is 0 Å². The van der Waals surface area contributed by atoms with Crippen molar-refractivity contribution in [2.24, 2.45) is 5.92 Å². The standard InChI is InChI=1S/C24H31N5O2/c1-2-16-8-25-24(26-9-16)28-10-17-7-19(13-28)22-6-3-18(23(30)29(22)11-17)12-27-14-20-4-5-21(15-27)31-20/h3,6,8-9,17,19-21H,2,4-5,7,10-15H2,1H3/t17-,19+,20-,21+/m0/s1. The van der Waals surface area contributed by atoms with Crippen LogP contribution in [0.25, 0.3) is 0 Å². The van der Waals surface area contributed by atoms with Gasteiger partial charge in [-0.1, -0.05) is 13.0 Å². The molecule has 164 valence electrons. The molecule has 7 nitrogen and oxygen atoms in total. The van der Waals surface area contributed by atoms with E-state index in [-0.39, 0.29) is 5.56 Å². The van der Waals surface area contributed by atoms with E-state index in [2.05, 4.69) is 43.4 Å². The predicted molar refractivity (Wildman–Crippen MR) is 118 cm³/mol. The summed E-state index contributed by atoms with van der Waals surface area (Å²) in [4.78, 5) is 27.3. The van der Waals surface area contributed by atoms with Crippen LogP contribution in [0.1, 0.15) is 48.9 Å². The van der Waals surface area contributed by atoms with Crippen LogP contribution >= 0.6 is 0 Å². The Hall–Kier alpha value is -2.25. The Bertz CT molecular complexity index is 1010. The summed E-state index contributed by atoms with van der Waals surface area (Å²) in [5.41, 5.74) is 3.49. The van der Waals surface area contributed by atoms with E-state index in [9.17, 15) is 4.79 Å². The summed E-state index contributed by atoms with van der Waals surface area (Å²) in [7, 11) is 0. The first-order chi connectivity index (χ1) is 15.2. The predicted octanol–water partition coefficient (Wildman–Crippen LogP) is 2.19. The molecule has 3 fully saturated rings. The van der Waals surface area contributed by atoms with Gasteiger partial charge in [-0.3, -0.25) is 9.69 Å². The number of anilines is 1. The van der Waals surface area contributed by atoms with E-state index in [0.717, 1.165) is 76.5 Å². The SMILES string of the molecule is CCc1cnc(N2C[C@@H]3C[C@H](C2)c2ccc(CN4C[C@H]5CC[C@@H](C4)O5)c(=O)n2C3)nc1. The molecule has 0 spiro atoms. The lowest BCUT2D eigenvalue weighted by Gasteiger charge is -2.43. The largest absolute Gasteiger partial charge is 0.372 e. The summed E-state index contributed by atoms with van der Waals surface area (Å²) >= 11 is 0. The van der Waals surface area contributed by atoms with E-state index in [0.29, 0.717) is 24.0 Å². The van der Waals surface area contributed by atoms with Crippen molar-refractivity contribution in [3.63, 3.8) is 0 Å². The molecule has 0 aliphatic carbocycles. The molecular formula is C24H31N5O2. The van der Waals surface area contributed by atoms with Gasteiger partial charge < -0.3 is 14.2 Å². The van der Waals surface area contributed by atoms with E-state index in [1.165, 1.54) is 11.3 Å². The topological polar surface area (TPSA) is 63.5 Å². The Morgan fingerprint density at radius 3 is 2.55 bits per heavy atom. The molecule has 4 bridgehead atoms. The van der Waals surface area contributed by atoms with E-state index in [1.54, 1.807) is 0 Å². The van der Waals surface area contributed by atoms with Gasteiger partial charge in [0.05, 0.1) is 12.2 Å². The van der Waals surface area contributed by atoms with Gasteiger partial charge >= 0.3 is 0 Å².